The Morgan fingerprint density at radius 3 is 2.25 bits per heavy atom. The van der Waals surface area contributed by atoms with Gasteiger partial charge in [-0.25, -0.2) is 18.1 Å². The number of aromatic nitrogens is 4. The van der Waals surface area contributed by atoms with Crippen molar-refractivity contribution in [1.29, 1.82) is 0 Å². The number of nitrogens with zero attached hydrogens (tertiary/aromatic N) is 5. The third kappa shape index (κ3) is 4.87. The zero-order valence-electron chi connectivity index (χ0n) is 22.2. The maximum Gasteiger partial charge on any atom is 0.338 e. The van der Waals surface area contributed by atoms with Gasteiger partial charge in [-0.3, -0.25) is 9.36 Å². The third-order valence-corrected chi connectivity index (χ3v) is 7.73. The summed E-state index contributed by atoms with van der Waals surface area (Å²) >= 11 is 1.23. The first-order chi connectivity index (χ1) is 19.2. The van der Waals surface area contributed by atoms with E-state index in [0.29, 0.717) is 16.9 Å². The standard InChI is InChI=1S/C28H26F2N6O3S/c1-31-17-10-8-16(9-11-17)25-19(14-34(2)3)24-26(37)36(22-12-13-23(39-4)33-32-22)28(38)35(27(24)40-25)15-18-20(29)6-5-7-21(18)30/h5-13,31H,14-15H2,1-4H3. The molecule has 206 valence electrons. The summed E-state index contributed by atoms with van der Waals surface area (Å²) in [5.74, 6) is -1.44. The van der Waals surface area contributed by atoms with Gasteiger partial charge >= 0.3 is 5.69 Å². The van der Waals surface area contributed by atoms with Crippen LogP contribution in [0.4, 0.5) is 14.5 Å². The first kappa shape index (κ1) is 27.2. The molecule has 5 aromatic rings. The molecule has 0 aliphatic carbocycles. The van der Waals surface area contributed by atoms with Gasteiger partial charge in [-0.2, -0.15) is 0 Å². The molecule has 0 aliphatic rings. The Labute approximate surface area is 231 Å². The van der Waals surface area contributed by atoms with E-state index in [4.69, 9.17) is 4.74 Å². The number of hydrogen-bond acceptors (Lipinski definition) is 8. The number of ether oxygens (including phenoxy) is 1. The van der Waals surface area contributed by atoms with Crippen molar-refractivity contribution in [2.45, 2.75) is 13.1 Å². The lowest BCUT2D eigenvalue weighted by Gasteiger charge is -2.14. The zero-order valence-corrected chi connectivity index (χ0v) is 23.1. The highest BCUT2D eigenvalue weighted by molar-refractivity contribution is 7.22. The Bertz CT molecular complexity index is 1790. The second kappa shape index (κ2) is 11.0. The molecule has 0 radical (unpaired) electrons. The number of methoxy groups -OCH3 is 1. The van der Waals surface area contributed by atoms with Crippen molar-refractivity contribution in [3.8, 4) is 22.1 Å². The van der Waals surface area contributed by atoms with Crippen molar-refractivity contribution in [3.05, 3.63) is 98.2 Å². The largest absolute Gasteiger partial charge is 0.480 e. The van der Waals surface area contributed by atoms with Crippen LogP contribution < -0.4 is 21.3 Å². The average molecular weight is 565 g/mol. The molecule has 40 heavy (non-hydrogen) atoms. The summed E-state index contributed by atoms with van der Waals surface area (Å²) in [7, 11) is 6.98. The van der Waals surface area contributed by atoms with Gasteiger partial charge in [-0.05, 0) is 55.6 Å². The highest BCUT2D eigenvalue weighted by Crippen LogP contribution is 2.38. The topological polar surface area (TPSA) is 94.3 Å². The van der Waals surface area contributed by atoms with Gasteiger partial charge in [0.25, 0.3) is 5.56 Å². The first-order valence-electron chi connectivity index (χ1n) is 12.3. The van der Waals surface area contributed by atoms with E-state index in [9.17, 15) is 18.4 Å². The predicted molar refractivity (Wildman–Crippen MR) is 152 cm³/mol. The Morgan fingerprint density at radius 1 is 0.975 bits per heavy atom. The Morgan fingerprint density at radius 2 is 1.68 bits per heavy atom. The summed E-state index contributed by atoms with van der Waals surface area (Å²) in [6, 6.07) is 14.1. The van der Waals surface area contributed by atoms with E-state index in [1.54, 1.807) is 0 Å². The van der Waals surface area contributed by atoms with Crippen LogP contribution in [0.25, 0.3) is 26.5 Å². The normalized spacial score (nSPS) is 11.4. The Balaban J connectivity index is 1.88. The maximum atomic E-state index is 14.8. The van der Waals surface area contributed by atoms with E-state index in [0.717, 1.165) is 32.8 Å². The van der Waals surface area contributed by atoms with E-state index in [2.05, 4.69) is 15.5 Å². The molecule has 1 N–H and O–H groups in total. The number of benzene rings is 2. The molecule has 3 aromatic heterocycles. The van der Waals surface area contributed by atoms with Crippen LogP contribution in [0.2, 0.25) is 0 Å². The summed E-state index contributed by atoms with van der Waals surface area (Å²) in [5.41, 5.74) is 0.740. The van der Waals surface area contributed by atoms with Crippen LogP contribution in [0.15, 0.2) is 64.2 Å². The molecule has 9 nitrogen and oxygen atoms in total. The van der Waals surface area contributed by atoms with Crippen LogP contribution in [0, 0.1) is 11.6 Å². The third-order valence-electron chi connectivity index (χ3n) is 6.43. The minimum absolute atomic E-state index is 0.0395. The van der Waals surface area contributed by atoms with Gasteiger partial charge in [0.2, 0.25) is 5.88 Å². The highest BCUT2D eigenvalue weighted by Gasteiger charge is 2.25. The summed E-state index contributed by atoms with van der Waals surface area (Å²) < 4.78 is 36.7. The van der Waals surface area contributed by atoms with E-state index in [-0.39, 0.29) is 22.6 Å². The van der Waals surface area contributed by atoms with Crippen LogP contribution in [0.5, 0.6) is 5.88 Å². The van der Waals surface area contributed by atoms with E-state index < -0.39 is 29.4 Å². The summed E-state index contributed by atoms with van der Waals surface area (Å²) in [6.45, 7) is -0.0589. The van der Waals surface area contributed by atoms with Gasteiger partial charge in [-0.1, -0.05) is 18.2 Å². The summed E-state index contributed by atoms with van der Waals surface area (Å²) in [5, 5.41) is 11.3. The molecule has 0 saturated heterocycles. The first-order valence-corrected chi connectivity index (χ1v) is 13.1. The molecular weight excluding hydrogens is 538 g/mol. The van der Waals surface area contributed by atoms with Crippen LogP contribution in [-0.2, 0) is 13.1 Å². The van der Waals surface area contributed by atoms with Crippen LogP contribution in [0.1, 0.15) is 11.1 Å². The minimum atomic E-state index is -0.797. The Kier molecular flexibility index (Phi) is 7.46. The number of thiophene rings is 1. The molecule has 2 aromatic carbocycles. The van der Waals surface area contributed by atoms with Gasteiger partial charge in [0.15, 0.2) is 5.82 Å². The zero-order chi connectivity index (χ0) is 28.6. The average Bonchev–Trinajstić information content (AvgIpc) is 3.31. The second-order valence-corrected chi connectivity index (χ2v) is 10.3. The number of fused-ring (bicyclic) bond motifs is 1. The van der Waals surface area contributed by atoms with E-state index >= 15 is 0 Å². The fraction of sp³-hybridized carbons (Fsp3) is 0.214. The van der Waals surface area contributed by atoms with Gasteiger partial charge in [0.05, 0.1) is 19.0 Å². The SMILES string of the molecule is CNc1ccc(-c2sc3c(c2CN(C)C)c(=O)n(-c2ccc(OC)nn2)c(=O)n3Cc2c(F)cccc2F)cc1. The van der Waals surface area contributed by atoms with Crippen LogP contribution >= 0.6 is 11.3 Å². The number of rotatable bonds is 8. The van der Waals surface area contributed by atoms with Gasteiger partial charge in [-0.15, -0.1) is 21.5 Å². The van der Waals surface area contributed by atoms with Crippen molar-refractivity contribution in [2.75, 3.05) is 33.6 Å². The molecule has 0 fully saturated rings. The fourth-order valence-electron chi connectivity index (χ4n) is 4.48. The molecule has 0 atom stereocenters. The van der Waals surface area contributed by atoms with Gasteiger partial charge in [0.1, 0.15) is 16.5 Å². The molecule has 0 unspecified atom stereocenters. The molecule has 5 rings (SSSR count). The lowest BCUT2D eigenvalue weighted by atomic mass is 10.1. The summed E-state index contributed by atoms with van der Waals surface area (Å²) in [4.78, 5) is 31.0. The van der Waals surface area contributed by atoms with Crippen molar-refractivity contribution >= 4 is 27.2 Å². The van der Waals surface area contributed by atoms with Crippen LogP contribution in [-0.4, -0.2) is 52.5 Å². The number of anilines is 1. The van der Waals surface area contributed by atoms with E-state index in [1.165, 1.54) is 41.2 Å². The molecule has 0 amide bonds. The maximum absolute atomic E-state index is 14.8. The summed E-state index contributed by atoms with van der Waals surface area (Å²) in [6.07, 6.45) is 0. The van der Waals surface area contributed by atoms with E-state index in [1.807, 2.05) is 50.3 Å². The van der Waals surface area contributed by atoms with Crippen molar-refractivity contribution in [3.63, 3.8) is 0 Å². The van der Waals surface area contributed by atoms with Gasteiger partial charge < -0.3 is 15.0 Å². The number of nitrogens with one attached hydrogen (secondary N) is 1. The smallest absolute Gasteiger partial charge is 0.338 e. The molecule has 0 bridgehead atoms. The van der Waals surface area contributed by atoms with Crippen LogP contribution in [0.3, 0.4) is 0 Å². The molecule has 0 saturated carbocycles. The lowest BCUT2D eigenvalue weighted by Crippen LogP contribution is -2.39. The van der Waals surface area contributed by atoms with Crippen molar-refractivity contribution < 1.29 is 13.5 Å². The number of halogens is 2. The number of hydrogen-bond donors (Lipinski definition) is 1. The highest BCUT2D eigenvalue weighted by atomic mass is 32.1. The fourth-order valence-corrected chi connectivity index (χ4v) is 5.78. The molecule has 3 heterocycles. The van der Waals surface area contributed by atoms with Crippen molar-refractivity contribution in [2.24, 2.45) is 0 Å². The molecule has 12 heteroatoms. The second-order valence-electron chi connectivity index (χ2n) is 9.30. The Hall–Kier alpha value is -4.42. The monoisotopic (exact) mass is 564 g/mol. The van der Waals surface area contributed by atoms with Gasteiger partial charge in [0, 0.05) is 35.8 Å². The molecule has 0 aliphatic heterocycles. The minimum Gasteiger partial charge on any atom is -0.480 e. The predicted octanol–water partition coefficient (Wildman–Crippen LogP) is 4.11. The molecule has 0 spiro atoms. The lowest BCUT2D eigenvalue weighted by molar-refractivity contribution is 0.391. The quantitative estimate of drug-likeness (QED) is 0.303. The van der Waals surface area contributed by atoms with Crippen molar-refractivity contribution in [1.82, 2.24) is 24.2 Å². The molecular formula is C28H26F2N6O3S.